The van der Waals surface area contributed by atoms with Gasteiger partial charge >= 0.3 is 0 Å². The van der Waals surface area contributed by atoms with E-state index in [-0.39, 0.29) is 16.9 Å². The largest absolute Gasteiger partial charge is 0.507 e. The fourth-order valence-electron chi connectivity index (χ4n) is 4.97. The Hall–Kier alpha value is -3.76. The molecule has 0 unspecified atom stereocenters. The third-order valence-electron chi connectivity index (χ3n) is 7.28. The predicted octanol–water partition coefficient (Wildman–Crippen LogP) is -0.115. The number of carbonyl (C=O) groups excluding carboxylic acids is 1. The van der Waals surface area contributed by atoms with Crippen LogP contribution in [0.15, 0.2) is 39.5 Å². The summed E-state index contributed by atoms with van der Waals surface area (Å²) in [6, 6.07) is 5.41. The lowest BCUT2D eigenvalue weighted by Crippen LogP contribution is -2.60. The minimum absolute atomic E-state index is 0.130. The zero-order valence-electron chi connectivity index (χ0n) is 21.6. The number of phenols is 4. The number of ether oxygens (including phenoxy) is 3. The lowest BCUT2D eigenvalue weighted by Gasteiger charge is -2.43. The van der Waals surface area contributed by atoms with Crippen LogP contribution in [-0.4, -0.2) is 95.7 Å². The van der Waals surface area contributed by atoms with E-state index in [1.165, 1.54) is 19.9 Å². The Morgan fingerprint density at radius 3 is 2.15 bits per heavy atom. The maximum Gasteiger partial charge on any atom is 0.197 e. The Bertz CT molecular complexity index is 1550. The lowest BCUT2D eigenvalue weighted by molar-refractivity contribution is -0.314. The van der Waals surface area contributed by atoms with Gasteiger partial charge in [0, 0.05) is 17.7 Å². The van der Waals surface area contributed by atoms with Crippen LogP contribution in [0.5, 0.6) is 23.0 Å². The average molecular weight is 577 g/mol. The molecule has 8 N–H and O–H groups in total. The van der Waals surface area contributed by atoms with E-state index >= 15 is 0 Å². The Balaban J connectivity index is 1.67. The van der Waals surface area contributed by atoms with E-state index in [0.29, 0.717) is 0 Å². The Morgan fingerprint density at radius 2 is 1.46 bits per heavy atom. The second kappa shape index (κ2) is 10.6. The molecule has 3 heterocycles. The average Bonchev–Trinajstić information content (AvgIpc) is 2.92. The van der Waals surface area contributed by atoms with E-state index in [1.807, 2.05) is 0 Å². The van der Waals surface area contributed by atoms with Gasteiger partial charge in [-0.25, -0.2) is 0 Å². The molecular formula is C27H28O14. The molecule has 2 fully saturated rings. The van der Waals surface area contributed by atoms with E-state index in [9.17, 15) is 50.4 Å². The van der Waals surface area contributed by atoms with Crippen LogP contribution in [0.3, 0.4) is 0 Å². The second-order valence-electron chi connectivity index (χ2n) is 10.1. The maximum absolute atomic E-state index is 13.3. The number of hydrogen-bond acceptors (Lipinski definition) is 14. The van der Waals surface area contributed by atoms with E-state index in [1.54, 1.807) is 0 Å². The first kappa shape index (κ1) is 28.8. The van der Waals surface area contributed by atoms with Crippen molar-refractivity contribution in [2.75, 3.05) is 0 Å². The number of fused-ring (bicyclic) bond motifs is 1. The van der Waals surface area contributed by atoms with E-state index in [0.717, 1.165) is 24.3 Å². The molecule has 0 saturated carbocycles. The third kappa shape index (κ3) is 4.89. The number of hydrogen-bond donors (Lipinski definition) is 8. The monoisotopic (exact) mass is 576 g/mol. The molecule has 2 aromatic carbocycles. The number of Topliss-reactive ketones (excluding diaryl/α,β-unsaturated/α-hetero) is 1. The van der Waals surface area contributed by atoms with E-state index in [4.69, 9.17) is 18.6 Å². The summed E-state index contributed by atoms with van der Waals surface area (Å²) in [7, 11) is 0. The first-order chi connectivity index (χ1) is 19.3. The number of aliphatic hydroxyl groups excluding tert-OH is 4. The normalized spacial score (nSPS) is 32.3. The first-order valence-electron chi connectivity index (χ1n) is 12.6. The minimum Gasteiger partial charge on any atom is -0.507 e. The van der Waals surface area contributed by atoms with Crippen LogP contribution in [0.4, 0.5) is 0 Å². The second-order valence-corrected chi connectivity index (χ2v) is 10.1. The Morgan fingerprint density at radius 1 is 0.756 bits per heavy atom. The molecule has 41 heavy (non-hydrogen) atoms. The van der Waals surface area contributed by atoms with Gasteiger partial charge in [0.2, 0.25) is 0 Å². The van der Waals surface area contributed by atoms with Gasteiger partial charge < -0.3 is 59.5 Å². The summed E-state index contributed by atoms with van der Waals surface area (Å²) in [6.07, 6.45) is -14.1. The highest BCUT2D eigenvalue weighted by Gasteiger charge is 2.50. The first-order valence-corrected chi connectivity index (χ1v) is 12.6. The van der Waals surface area contributed by atoms with E-state index < -0.39 is 100 Å². The van der Waals surface area contributed by atoms with Crippen molar-refractivity contribution in [1.82, 2.24) is 0 Å². The van der Waals surface area contributed by atoms with Crippen LogP contribution in [-0.2, 0) is 19.0 Å². The molecule has 2 aliphatic rings. The van der Waals surface area contributed by atoms with Gasteiger partial charge in [-0.05, 0) is 32.0 Å². The Kier molecular flexibility index (Phi) is 7.42. The van der Waals surface area contributed by atoms with Gasteiger partial charge in [-0.15, -0.1) is 0 Å². The summed E-state index contributed by atoms with van der Waals surface area (Å²) < 4.78 is 22.9. The van der Waals surface area contributed by atoms with Crippen LogP contribution in [0.2, 0.25) is 0 Å². The highest BCUT2D eigenvalue weighted by atomic mass is 16.7. The number of aromatic hydroxyl groups is 4. The van der Waals surface area contributed by atoms with Crippen molar-refractivity contribution in [2.45, 2.75) is 69.0 Å². The van der Waals surface area contributed by atoms with Gasteiger partial charge in [0.05, 0.1) is 17.8 Å². The number of carbonyl (C=O) groups is 1. The molecule has 9 atom stereocenters. The zero-order valence-corrected chi connectivity index (χ0v) is 21.6. The van der Waals surface area contributed by atoms with Gasteiger partial charge in [-0.2, -0.15) is 0 Å². The number of rotatable bonds is 4. The SMILES string of the molecule is C[C@@H]1O[C@@H](O[C@@H]2C(=O)[C@@H](O)[C@@H](C)O[C@H]2c2c(O)cc(O)c3c(=O)cc(-c4ccc(O)c(O)c4)oc23)[C@H](O)[C@H](O)[C@H]1O. The quantitative estimate of drug-likeness (QED) is 0.189. The molecule has 3 aromatic rings. The molecule has 14 heteroatoms. The smallest absolute Gasteiger partial charge is 0.197 e. The van der Waals surface area contributed by atoms with Crippen LogP contribution in [0, 0.1) is 0 Å². The summed E-state index contributed by atoms with van der Waals surface area (Å²) in [4.78, 5) is 26.4. The topological polar surface area (TPSA) is 237 Å². The molecular weight excluding hydrogens is 548 g/mol. The Labute approximate surface area is 230 Å². The highest BCUT2D eigenvalue weighted by Crippen LogP contribution is 2.44. The van der Waals surface area contributed by atoms with Crippen LogP contribution < -0.4 is 5.43 Å². The molecule has 0 radical (unpaired) electrons. The lowest BCUT2D eigenvalue weighted by atomic mass is 9.90. The minimum atomic E-state index is -1.83. The summed E-state index contributed by atoms with van der Waals surface area (Å²) >= 11 is 0. The fraction of sp³-hybridized carbons (Fsp3) is 0.407. The van der Waals surface area contributed by atoms with Crippen molar-refractivity contribution in [3.63, 3.8) is 0 Å². The van der Waals surface area contributed by atoms with Gasteiger partial charge in [-0.3, -0.25) is 9.59 Å². The standard InChI is InChI=1S/C27H28O14/c1-8-20(34)22(36)26(41-27-23(37)21(35)19(33)9(2)39-27)25(38-8)18-14(31)6-13(30)17-15(32)7-16(40-24(17)18)10-3-4-11(28)12(29)5-10/h3-9,19-21,23,25-31,33-35,37H,1-2H3/t8-,9+,19+,20+,21-,23-,25+,26-,27+/m1/s1. The third-order valence-corrected chi connectivity index (χ3v) is 7.28. The molecule has 2 aliphatic heterocycles. The van der Waals surface area contributed by atoms with Crippen LogP contribution >= 0.6 is 0 Å². The molecule has 14 nitrogen and oxygen atoms in total. The predicted molar refractivity (Wildman–Crippen MR) is 136 cm³/mol. The summed E-state index contributed by atoms with van der Waals surface area (Å²) in [5.41, 5.74) is -1.42. The fourth-order valence-corrected chi connectivity index (χ4v) is 4.97. The molecule has 0 aliphatic carbocycles. The summed E-state index contributed by atoms with van der Waals surface area (Å²) in [6.45, 7) is 2.75. The van der Waals surface area contributed by atoms with Gasteiger partial charge in [0.15, 0.2) is 40.7 Å². The van der Waals surface area contributed by atoms with Crippen molar-refractivity contribution in [3.05, 3.63) is 46.1 Å². The molecule has 0 bridgehead atoms. The van der Waals surface area contributed by atoms with Gasteiger partial charge in [-0.1, -0.05) is 0 Å². The molecule has 1 aromatic heterocycles. The van der Waals surface area contributed by atoms with Crippen molar-refractivity contribution in [3.8, 4) is 34.3 Å². The summed E-state index contributed by atoms with van der Waals surface area (Å²) in [5, 5.41) is 81.8. The van der Waals surface area contributed by atoms with Gasteiger partial charge in [0.25, 0.3) is 0 Å². The van der Waals surface area contributed by atoms with Crippen molar-refractivity contribution >= 4 is 16.8 Å². The highest BCUT2D eigenvalue weighted by molar-refractivity contribution is 5.93. The van der Waals surface area contributed by atoms with Crippen molar-refractivity contribution in [1.29, 1.82) is 0 Å². The van der Waals surface area contributed by atoms with Crippen LogP contribution in [0.1, 0.15) is 25.5 Å². The van der Waals surface area contributed by atoms with Crippen LogP contribution in [0.25, 0.3) is 22.3 Å². The molecule has 220 valence electrons. The molecule has 5 rings (SSSR count). The molecule has 2 saturated heterocycles. The van der Waals surface area contributed by atoms with E-state index in [2.05, 4.69) is 0 Å². The van der Waals surface area contributed by atoms with Crippen molar-refractivity contribution in [2.24, 2.45) is 0 Å². The number of aliphatic hydroxyl groups is 4. The number of phenolic OH excluding ortho intramolecular Hbond substituents is 4. The zero-order chi connectivity index (χ0) is 29.9. The van der Waals surface area contributed by atoms with Gasteiger partial charge in [0.1, 0.15) is 53.2 Å². The number of benzene rings is 2. The molecule has 0 spiro atoms. The molecule has 0 amide bonds. The van der Waals surface area contributed by atoms with Crippen molar-refractivity contribution < 1.29 is 64.3 Å². The summed E-state index contributed by atoms with van der Waals surface area (Å²) in [5.74, 6) is -3.43. The number of ketones is 1. The maximum atomic E-state index is 13.3.